The fraction of sp³-hybridized carbons (Fsp3) is 0.500. The molecule has 0 bridgehead atoms. The van der Waals surface area contributed by atoms with Gasteiger partial charge in [-0.1, -0.05) is 0 Å². The van der Waals surface area contributed by atoms with Crippen molar-refractivity contribution in [2.45, 2.75) is 24.9 Å². The molecule has 2 aromatic heterocycles. The highest BCUT2D eigenvalue weighted by Crippen LogP contribution is 2.31. The molecule has 2 aromatic rings. The molecule has 9 heteroatoms. The summed E-state index contributed by atoms with van der Waals surface area (Å²) >= 11 is 0. The third-order valence-corrected chi connectivity index (χ3v) is 3.16. The van der Waals surface area contributed by atoms with E-state index in [0.717, 1.165) is 0 Å². The van der Waals surface area contributed by atoms with Gasteiger partial charge in [-0.2, -0.15) is 9.97 Å². The van der Waals surface area contributed by atoms with Crippen molar-refractivity contribution >= 4 is 22.9 Å². The Morgan fingerprint density at radius 1 is 1.42 bits per heavy atom. The van der Waals surface area contributed by atoms with E-state index in [1.807, 2.05) is 0 Å². The Morgan fingerprint density at radius 3 is 2.89 bits per heavy atom. The number of imidazole rings is 1. The minimum absolute atomic E-state index is 0.0454. The van der Waals surface area contributed by atoms with Crippen LogP contribution in [0.2, 0.25) is 0 Å². The molecule has 1 fully saturated rings. The van der Waals surface area contributed by atoms with Crippen molar-refractivity contribution in [2.24, 2.45) is 0 Å². The van der Waals surface area contributed by atoms with Crippen LogP contribution >= 0.6 is 0 Å². The molecule has 102 valence electrons. The predicted molar refractivity (Wildman–Crippen MR) is 65.8 cm³/mol. The van der Waals surface area contributed by atoms with E-state index in [1.54, 1.807) is 4.57 Å². The summed E-state index contributed by atoms with van der Waals surface area (Å²) < 4.78 is 7.16. The van der Waals surface area contributed by atoms with Crippen molar-refractivity contribution in [3.05, 3.63) is 6.33 Å². The molecule has 0 radical (unpaired) electrons. The quantitative estimate of drug-likeness (QED) is 0.521. The van der Waals surface area contributed by atoms with Gasteiger partial charge in [0, 0.05) is 6.42 Å². The first-order chi connectivity index (χ1) is 9.10. The summed E-state index contributed by atoms with van der Waals surface area (Å²) in [6, 6.07) is 0. The number of hydrogen-bond acceptors (Lipinski definition) is 8. The highest BCUT2D eigenvalue weighted by atomic mass is 16.5. The maximum atomic E-state index is 9.74. The molecule has 19 heavy (non-hydrogen) atoms. The highest BCUT2D eigenvalue weighted by Gasteiger charge is 2.35. The van der Waals surface area contributed by atoms with Crippen molar-refractivity contribution in [3.8, 4) is 0 Å². The second kappa shape index (κ2) is 4.30. The predicted octanol–water partition coefficient (Wildman–Crippen LogP) is -1.37. The van der Waals surface area contributed by atoms with Crippen LogP contribution in [-0.2, 0) is 4.74 Å². The van der Waals surface area contributed by atoms with Gasteiger partial charge in [-0.25, -0.2) is 4.98 Å². The lowest BCUT2D eigenvalue weighted by atomic mass is 10.2. The Bertz CT molecular complexity index is 615. The van der Waals surface area contributed by atoms with Crippen molar-refractivity contribution in [3.63, 3.8) is 0 Å². The standard InChI is InChI=1S/C10H14N6O3/c11-8-7-9(15-10(12)14-8)16(3-13-7)6-1-4(18)5(2-17)19-6/h3-6,17-18H,1-2H2,(H4,11,12,14,15)/t4-,5+,6-/m0/s1. The number of anilines is 2. The average molecular weight is 266 g/mol. The Labute approximate surface area is 107 Å². The molecule has 1 saturated heterocycles. The largest absolute Gasteiger partial charge is 0.394 e. The molecule has 0 amide bonds. The number of aliphatic hydroxyl groups excluding tert-OH is 2. The zero-order chi connectivity index (χ0) is 13.6. The summed E-state index contributed by atoms with van der Waals surface area (Å²) in [6.45, 7) is -0.246. The summed E-state index contributed by atoms with van der Waals surface area (Å²) in [5.74, 6) is 0.238. The van der Waals surface area contributed by atoms with Gasteiger partial charge in [-0.05, 0) is 0 Å². The fourth-order valence-corrected chi connectivity index (χ4v) is 2.22. The molecular formula is C10H14N6O3. The molecule has 0 unspecified atom stereocenters. The molecule has 0 aromatic carbocycles. The molecule has 9 nitrogen and oxygen atoms in total. The Balaban J connectivity index is 2.02. The molecule has 3 atom stereocenters. The third kappa shape index (κ3) is 1.87. The number of nitrogens with zero attached hydrogens (tertiary/aromatic N) is 4. The molecule has 3 rings (SSSR count). The molecular weight excluding hydrogens is 252 g/mol. The second-order valence-corrected chi connectivity index (χ2v) is 4.41. The van der Waals surface area contributed by atoms with Gasteiger partial charge in [0.2, 0.25) is 5.95 Å². The summed E-state index contributed by atoms with van der Waals surface area (Å²) in [4.78, 5) is 12.0. The van der Waals surface area contributed by atoms with Crippen LogP contribution in [0.4, 0.5) is 11.8 Å². The fourth-order valence-electron chi connectivity index (χ4n) is 2.22. The van der Waals surface area contributed by atoms with Gasteiger partial charge < -0.3 is 26.4 Å². The third-order valence-electron chi connectivity index (χ3n) is 3.16. The van der Waals surface area contributed by atoms with Crippen LogP contribution in [-0.4, -0.2) is 48.5 Å². The number of nitrogen functional groups attached to an aromatic ring is 2. The van der Waals surface area contributed by atoms with E-state index in [0.29, 0.717) is 17.6 Å². The lowest BCUT2D eigenvalue weighted by Gasteiger charge is -2.13. The molecule has 3 heterocycles. The first-order valence-corrected chi connectivity index (χ1v) is 5.80. The van der Waals surface area contributed by atoms with Crippen LogP contribution in [0.25, 0.3) is 11.2 Å². The van der Waals surface area contributed by atoms with Crippen LogP contribution in [0.1, 0.15) is 12.6 Å². The molecule has 0 saturated carbocycles. The van der Waals surface area contributed by atoms with E-state index in [-0.39, 0.29) is 18.4 Å². The van der Waals surface area contributed by atoms with E-state index >= 15 is 0 Å². The lowest BCUT2D eigenvalue weighted by Crippen LogP contribution is -2.24. The number of hydrogen-bond donors (Lipinski definition) is 4. The SMILES string of the molecule is Nc1nc(N)c2ncn([C@@H]3C[C@H](O)[C@@H](CO)O3)c2n1. The van der Waals surface area contributed by atoms with Gasteiger partial charge in [0.25, 0.3) is 0 Å². The zero-order valence-electron chi connectivity index (χ0n) is 9.97. The van der Waals surface area contributed by atoms with Crippen LogP contribution < -0.4 is 11.5 Å². The van der Waals surface area contributed by atoms with Gasteiger partial charge in [0.05, 0.1) is 19.0 Å². The van der Waals surface area contributed by atoms with Crippen LogP contribution in [0.3, 0.4) is 0 Å². The van der Waals surface area contributed by atoms with E-state index in [2.05, 4.69) is 15.0 Å². The van der Waals surface area contributed by atoms with Gasteiger partial charge in [-0.15, -0.1) is 0 Å². The molecule has 6 N–H and O–H groups in total. The number of ether oxygens (including phenoxy) is 1. The van der Waals surface area contributed by atoms with Crippen molar-refractivity contribution < 1.29 is 14.9 Å². The van der Waals surface area contributed by atoms with Crippen LogP contribution in [0.15, 0.2) is 6.33 Å². The monoisotopic (exact) mass is 266 g/mol. The topological polar surface area (TPSA) is 145 Å². The van der Waals surface area contributed by atoms with Gasteiger partial charge in [0.1, 0.15) is 17.8 Å². The van der Waals surface area contributed by atoms with Gasteiger partial charge in [0.15, 0.2) is 11.5 Å². The number of nitrogens with two attached hydrogens (primary N) is 2. The average Bonchev–Trinajstić information content (AvgIpc) is 2.92. The number of rotatable bonds is 2. The summed E-state index contributed by atoms with van der Waals surface area (Å²) in [6.07, 6.45) is 0.0288. The number of aliphatic hydroxyl groups is 2. The normalized spacial score (nSPS) is 27.2. The Hall–Kier alpha value is -1.97. The molecule has 0 aliphatic carbocycles. The number of fused-ring (bicyclic) bond motifs is 1. The second-order valence-electron chi connectivity index (χ2n) is 4.41. The maximum absolute atomic E-state index is 9.74. The van der Waals surface area contributed by atoms with Crippen molar-refractivity contribution in [1.82, 2.24) is 19.5 Å². The first-order valence-electron chi connectivity index (χ1n) is 5.80. The van der Waals surface area contributed by atoms with Gasteiger partial charge >= 0.3 is 0 Å². The Morgan fingerprint density at radius 2 is 2.21 bits per heavy atom. The van der Waals surface area contributed by atoms with E-state index in [4.69, 9.17) is 21.3 Å². The first kappa shape index (κ1) is 12.1. The summed E-state index contributed by atoms with van der Waals surface area (Å²) in [7, 11) is 0. The molecule has 0 spiro atoms. The van der Waals surface area contributed by atoms with E-state index in [9.17, 15) is 5.11 Å². The molecule has 1 aliphatic heterocycles. The number of aromatic nitrogens is 4. The summed E-state index contributed by atoms with van der Waals surface area (Å²) in [5.41, 5.74) is 12.1. The van der Waals surface area contributed by atoms with E-state index in [1.165, 1.54) is 6.33 Å². The Kier molecular flexibility index (Phi) is 2.73. The molecule has 1 aliphatic rings. The van der Waals surface area contributed by atoms with Crippen LogP contribution in [0, 0.1) is 0 Å². The zero-order valence-corrected chi connectivity index (χ0v) is 9.97. The van der Waals surface area contributed by atoms with E-state index < -0.39 is 18.4 Å². The summed E-state index contributed by atoms with van der Waals surface area (Å²) in [5, 5.41) is 18.8. The minimum atomic E-state index is -0.732. The van der Waals surface area contributed by atoms with Crippen molar-refractivity contribution in [1.29, 1.82) is 0 Å². The smallest absolute Gasteiger partial charge is 0.224 e. The minimum Gasteiger partial charge on any atom is -0.394 e. The van der Waals surface area contributed by atoms with Crippen LogP contribution in [0.5, 0.6) is 0 Å². The highest BCUT2D eigenvalue weighted by molar-refractivity contribution is 5.82. The maximum Gasteiger partial charge on any atom is 0.224 e. The lowest BCUT2D eigenvalue weighted by molar-refractivity contribution is -0.0432. The van der Waals surface area contributed by atoms with Gasteiger partial charge in [-0.3, -0.25) is 4.57 Å². The van der Waals surface area contributed by atoms with Crippen molar-refractivity contribution in [2.75, 3.05) is 18.1 Å².